The molecule has 21 heavy (non-hydrogen) atoms. The van der Waals surface area contributed by atoms with Crippen LogP contribution in [0.25, 0.3) is 6.08 Å². The molecule has 1 atom stereocenters. The Morgan fingerprint density at radius 3 is 2.95 bits per heavy atom. The van der Waals surface area contributed by atoms with Crippen LogP contribution in [0.5, 0.6) is 0 Å². The normalized spacial score (nSPS) is 18.3. The van der Waals surface area contributed by atoms with E-state index in [-0.39, 0.29) is 11.7 Å². The predicted octanol–water partition coefficient (Wildman–Crippen LogP) is 3.20. The van der Waals surface area contributed by atoms with E-state index in [0.29, 0.717) is 22.2 Å². The van der Waals surface area contributed by atoms with Gasteiger partial charge in [0.05, 0.1) is 6.10 Å². The van der Waals surface area contributed by atoms with Crippen LogP contribution in [0.15, 0.2) is 23.8 Å². The second-order valence-corrected chi connectivity index (χ2v) is 5.52. The summed E-state index contributed by atoms with van der Waals surface area (Å²) in [7, 11) is 0. The van der Waals surface area contributed by atoms with Gasteiger partial charge in [-0.25, -0.2) is 0 Å². The van der Waals surface area contributed by atoms with Crippen LogP contribution in [0, 0.1) is 11.3 Å². The van der Waals surface area contributed by atoms with E-state index in [4.69, 9.17) is 33.2 Å². The maximum atomic E-state index is 12.0. The minimum atomic E-state index is -0.431. The van der Waals surface area contributed by atoms with E-state index in [1.54, 1.807) is 18.2 Å². The summed E-state index contributed by atoms with van der Waals surface area (Å²) in [6.45, 7) is 1.13. The van der Waals surface area contributed by atoms with Gasteiger partial charge < -0.3 is 10.1 Å². The zero-order chi connectivity index (χ0) is 15.2. The fourth-order valence-electron chi connectivity index (χ4n) is 2.03. The molecule has 1 heterocycles. The molecule has 1 aromatic rings. The Kier molecular flexibility index (Phi) is 5.63. The van der Waals surface area contributed by atoms with Crippen LogP contribution in [-0.2, 0) is 9.53 Å². The zero-order valence-corrected chi connectivity index (χ0v) is 12.7. The van der Waals surface area contributed by atoms with Crippen molar-refractivity contribution in [2.45, 2.75) is 18.9 Å². The lowest BCUT2D eigenvalue weighted by Gasteiger charge is -2.10. The number of hydrogen-bond donors (Lipinski definition) is 1. The number of nitrogens with one attached hydrogen (secondary N) is 1. The van der Waals surface area contributed by atoms with Gasteiger partial charge in [0, 0.05) is 23.2 Å². The van der Waals surface area contributed by atoms with Crippen LogP contribution >= 0.6 is 23.2 Å². The maximum absolute atomic E-state index is 12.0. The van der Waals surface area contributed by atoms with Crippen molar-refractivity contribution in [1.29, 1.82) is 5.26 Å². The minimum absolute atomic E-state index is 0.00257. The first-order valence-electron chi connectivity index (χ1n) is 6.57. The molecule has 1 aliphatic heterocycles. The Morgan fingerprint density at radius 2 is 2.33 bits per heavy atom. The molecular weight excluding hydrogens is 311 g/mol. The molecule has 1 saturated heterocycles. The first kappa shape index (κ1) is 15.8. The third kappa shape index (κ3) is 4.47. The molecule has 1 aliphatic rings. The molecule has 0 aromatic heterocycles. The van der Waals surface area contributed by atoms with Gasteiger partial charge in [-0.1, -0.05) is 29.3 Å². The fraction of sp³-hybridized carbons (Fsp3) is 0.333. The number of ether oxygens (including phenoxy) is 1. The molecule has 1 amide bonds. The highest BCUT2D eigenvalue weighted by atomic mass is 35.5. The first-order chi connectivity index (χ1) is 10.1. The fourth-order valence-corrected chi connectivity index (χ4v) is 2.49. The Labute approximate surface area is 133 Å². The van der Waals surface area contributed by atoms with Crippen LogP contribution in [0.4, 0.5) is 0 Å². The smallest absolute Gasteiger partial charge is 0.262 e. The summed E-state index contributed by atoms with van der Waals surface area (Å²) in [6.07, 6.45) is 3.41. The van der Waals surface area contributed by atoms with E-state index < -0.39 is 5.91 Å². The summed E-state index contributed by atoms with van der Waals surface area (Å²) in [5.41, 5.74) is 0.571. The molecule has 1 aromatic carbocycles. The molecule has 1 unspecified atom stereocenters. The molecule has 1 N–H and O–H groups in total. The quantitative estimate of drug-likeness (QED) is 0.683. The van der Waals surface area contributed by atoms with Crippen molar-refractivity contribution in [1.82, 2.24) is 5.32 Å². The lowest BCUT2D eigenvalue weighted by molar-refractivity contribution is -0.117. The summed E-state index contributed by atoms with van der Waals surface area (Å²) >= 11 is 11.8. The topological polar surface area (TPSA) is 62.1 Å². The number of amides is 1. The number of halogens is 2. The molecule has 0 radical (unpaired) electrons. The maximum Gasteiger partial charge on any atom is 0.262 e. The molecule has 4 nitrogen and oxygen atoms in total. The molecule has 0 spiro atoms. The average molecular weight is 325 g/mol. The first-order valence-corrected chi connectivity index (χ1v) is 7.32. The molecule has 110 valence electrons. The molecule has 0 saturated carbocycles. The number of benzene rings is 1. The van der Waals surface area contributed by atoms with E-state index in [9.17, 15) is 4.79 Å². The van der Waals surface area contributed by atoms with Gasteiger partial charge in [0.15, 0.2) is 0 Å². The lowest BCUT2D eigenvalue weighted by Crippen LogP contribution is -2.32. The second kappa shape index (κ2) is 7.46. The summed E-state index contributed by atoms with van der Waals surface area (Å²) in [5, 5.41) is 12.7. The van der Waals surface area contributed by atoms with E-state index in [1.165, 1.54) is 6.08 Å². The molecule has 0 bridgehead atoms. The largest absolute Gasteiger partial charge is 0.376 e. The van der Waals surface area contributed by atoms with Crippen molar-refractivity contribution in [2.24, 2.45) is 0 Å². The number of nitriles is 1. The summed E-state index contributed by atoms with van der Waals surface area (Å²) in [6, 6.07) is 6.76. The molecule has 1 fully saturated rings. The zero-order valence-electron chi connectivity index (χ0n) is 11.2. The van der Waals surface area contributed by atoms with Crippen molar-refractivity contribution in [2.75, 3.05) is 13.2 Å². The van der Waals surface area contributed by atoms with E-state index in [2.05, 4.69) is 5.32 Å². The Morgan fingerprint density at radius 1 is 1.52 bits per heavy atom. The predicted molar refractivity (Wildman–Crippen MR) is 82.0 cm³/mol. The summed E-state index contributed by atoms with van der Waals surface area (Å²) < 4.78 is 5.41. The van der Waals surface area contributed by atoms with Gasteiger partial charge in [-0.3, -0.25) is 4.79 Å². The third-order valence-corrected chi connectivity index (χ3v) is 3.70. The third-order valence-electron chi connectivity index (χ3n) is 3.14. The van der Waals surface area contributed by atoms with Crippen LogP contribution in [0.1, 0.15) is 18.4 Å². The molecule has 2 rings (SSSR count). The van der Waals surface area contributed by atoms with Crippen LogP contribution in [0.2, 0.25) is 10.0 Å². The molecule has 0 aliphatic carbocycles. The molecule has 6 heteroatoms. The number of hydrogen-bond acceptors (Lipinski definition) is 3. The minimum Gasteiger partial charge on any atom is -0.376 e. The van der Waals surface area contributed by atoms with Gasteiger partial charge in [0.2, 0.25) is 0 Å². The monoisotopic (exact) mass is 324 g/mol. The highest BCUT2D eigenvalue weighted by molar-refractivity contribution is 6.35. The number of rotatable bonds is 4. The lowest BCUT2D eigenvalue weighted by atomic mass is 10.1. The second-order valence-electron chi connectivity index (χ2n) is 4.68. The number of nitrogens with zero attached hydrogens (tertiary/aromatic N) is 1. The van der Waals surface area contributed by atoms with Crippen molar-refractivity contribution < 1.29 is 9.53 Å². The van der Waals surface area contributed by atoms with Crippen molar-refractivity contribution in [3.05, 3.63) is 39.4 Å². The van der Waals surface area contributed by atoms with Gasteiger partial charge in [-0.05, 0) is 36.6 Å². The number of carbonyl (C=O) groups excluding carboxylic acids is 1. The highest BCUT2D eigenvalue weighted by Gasteiger charge is 2.17. The Hall–Kier alpha value is -1.54. The van der Waals surface area contributed by atoms with Crippen molar-refractivity contribution in [3.8, 4) is 6.07 Å². The average Bonchev–Trinajstić information content (AvgIpc) is 2.97. The van der Waals surface area contributed by atoms with Crippen LogP contribution in [0.3, 0.4) is 0 Å². The number of carbonyl (C=O) groups is 1. The van der Waals surface area contributed by atoms with Crippen LogP contribution < -0.4 is 5.32 Å². The van der Waals surface area contributed by atoms with Gasteiger partial charge in [-0.15, -0.1) is 0 Å². The highest BCUT2D eigenvalue weighted by Crippen LogP contribution is 2.23. The van der Waals surface area contributed by atoms with Gasteiger partial charge in [-0.2, -0.15) is 5.26 Å². The van der Waals surface area contributed by atoms with E-state index in [1.807, 2.05) is 6.07 Å². The Bertz CT molecular complexity index is 602. The van der Waals surface area contributed by atoms with Gasteiger partial charge >= 0.3 is 0 Å². The summed E-state index contributed by atoms with van der Waals surface area (Å²) in [5.74, 6) is -0.431. The van der Waals surface area contributed by atoms with E-state index in [0.717, 1.165) is 19.4 Å². The molecular formula is C15H14Cl2N2O2. The van der Waals surface area contributed by atoms with Gasteiger partial charge in [0.25, 0.3) is 5.91 Å². The standard InChI is InChI=1S/C15H14Cl2N2O2/c16-12-4-3-10(14(17)7-12)6-11(8-18)15(20)19-9-13-2-1-5-21-13/h3-4,6-7,13H,1-2,5,9H2,(H,19,20)/b11-6-. The van der Waals surface area contributed by atoms with Gasteiger partial charge in [0.1, 0.15) is 11.6 Å². The van der Waals surface area contributed by atoms with Crippen molar-refractivity contribution in [3.63, 3.8) is 0 Å². The van der Waals surface area contributed by atoms with Crippen molar-refractivity contribution >= 4 is 35.2 Å². The Balaban J connectivity index is 2.05. The SMILES string of the molecule is N#C/C(=C/c1ccc(Cl)cc1Cl)C(=O)NCC1CCCO1. The van der Waals surface area contributed by atoms with E-state index >= 15 is 0 Å². The summed E-state index contributed by atoms with van der Waals surface area (Å²) in [4.78, 5) is 12.0. The van der Waals surface area contributed by atoms with Crippen LogP contribution in [-0.4, -0.2) is 25.2 Å².